The fraction of sp³-hybridized carbons (Fsp3) is 0.529. The molecule has 1 amide bonds. The van der Waals surface area contributed by atoms with Crippen LogP contribution in [0.15, 0.2) is 24.3 Å². The Bertz CT molecular complexity index is 651. The van der Waals surface area contributed by atoms with Gasteiger partial charge in [0.25, 0.3) is 11.8 Å². The molecular formula is C17H19F2N3O2. The first kappa shape index (κ1) is 16.8. The van der Waals surface area contributed by atoms with E-state index in [0.717, 1.165) is 0 Å². The number of benzene rings is 1. The number of alkyl halides is 2. The Hall–Kier alpha value is -2.04. The van der Waals surface area contributed by atoms with Gasteiger partial charge >= 0.3 is 0 Å². The van der Waals surface area contributed by atoms with Crippen molar-refractivity contribution in [3.8, 4) is 6.07 Å². The highest BCUT2D eigenvalue weighted by atomic mass is 19.3. The first-order valence-corrected chi connectivity index (χ1v) is 7.85. The van der Waals surface area contributed by atoms with Gasteiger partial charge in [-0.05, 0) is 24.3 Å². The monoisotopic (exact) mass is 335 g/mol. The highest BCUT2D eigenvalue weighted by molar-refractivity contribution is 5.94. The van der Waals surface area contributed by atoms with Gasteiger partial charge in [0, 0.05) is 44.3 Å². The van der Waals surface area contributed by atoms with Crippen molar-refractivity contribution < 1.29 is 18.3 Å². The van der Waals surface area contributed by atoms with Crippen LogP contribution >= 0.6 is 0 Å². The summed E-state index contributed by atoms with van der Waals surface area (Å²) in [5.74, 6) is -2.83. The van der Waals surface area contributed by atoms with E-state index in [-0.39, 0.29) is 37.6 Å². The summed E-state index contributed by atoms with van der Waals surface area (Å²) in [5, 5.41) is 8.78. The summed E-state index contributed by atoms with van der Waals surface area (Å²) in [6.07, 6.45) is -0.194. The molecule has 0 N–H and O–H groups in total. The van der Waals surface area contributed by atoms with E-state index < -0.39 is 5.92 Å². The fourth-order valence-electron chi connectivity index (χ4n) is 3.40. The molecule has 7 heteroatoms. The van der Waals surface area contributed by atoms with E-state index in [4.69, 9.17) is 10.00 Å². The van der Waals surface area contributed by atoms with Crippen LogP contribution in [0, 0.1) is 11.3 Å². The largest absolute Gasteiger partial charge is 0.383 e. The molecule has 1 aromatic rings. The van der Waals surface area contributed by atoms with Crippen molar-refractivity contribution in [3.05, 3.63) is 35.4 Å². The number of nitrogens with zero attached hydrogens (tertiary/aromatic N) is 3. The summed E-state index contributed by atoms with van der Waals surface area (Å²) < 4.78 is 32.4. The Kier molecular flexibility index (Phi) is 4.52. The Morgan fingerprint density at radius 1 is 1.38 bits per heavy atom. The lowest BCUT2D eigenvalue weighted by Crippen LogP contribution is -2.62. The molecule has 0 bridgehead atoms. The number of rotatable bonds is 4. The van der Waals surface area contributed by atoms with Gasteiger partial charge in [-0.2, -0.15) is 5.26 Å². The summed E-state index contributed by atoms with van der Waals surface area (Å²) in [6.45, 7) is 0.879. The maximum atomic E-state index is 13.7. The standard InChI is InChI=1S/C17H19F2N3O2/c1-24-10-14-6-17(18,19)11-22(14)15-8-21(9-15)16(23)13-4-2-12(7-20)3-5-13/h2-5,14-15H,6,8-11H2,1H3/t14-/m0/s1. The third kappa shape index (κ3) is 3.25. The summed E-state index contributed by atoms with van der Waals surface area (Å²) in [4.78, 5) is 15.8. The third-order valence-electron chi connectivity index (χ3n) is 4.66. The van der Waals surface area contributed by atoms with Crippen molar-refractivity contribution in [2.75, 3.05) is 33.4 Å². The molecule has 2 heterocycles. The van der Waals surface area contributed by atoms with E-state index in [9.17, 15) is 13.6 Å². The number of carbonyl (C=O) groups excluding carboxylic acids is 1. The van der Waals surface area contributed by atoms with Gasteiger partial charge in [0.05, 0.1) is 24.8 Å². The second-order valence-electron chi connectivity index (χ2n) is 6.39. The van der Waals surface area contributed by atoms with Crippen molar-refractivity contribution in [1.29, 1.82) is 5.26 Å². The molecule has 0 aliphatic carbocycles. The van der Waals surface area contributed by atoms with E-state index in [1.165, 1.54) is 7.11 Å². The Balaban J connectivity index is 1.60. The average Bonchev–Trinajstić information content (AvgIpc) is 2.81. The van der Waals surface area contributed by atoms with Gasteiger partial charge in [-0.1, -0.05) is 0 Å². The topological polar surface area (TPSA) is 56.6 Å². The second kappa shape index (κ2) is 6.46. The Morgan fingerprint density at radius 3 is 2.62 bits per heavy atom. The summed E-state index contributed by atoms with van der Waals surface area (Å²) in [7, 11) is 1.51. The van der Waals surface area contributed by atoms with Crippen LogP contribution in [-0.4, -0.2) is 67.1 Å². The lowest BCUT2D eigenvalue weighted by Gasteiger charge is -2.45. The molecule has 128 valence electrons. The number of halogens is 2. The molecule has 0 spiro atoms. The average molecular weight is 335 g/mol. The zero-order valence-corrected chi connectivity index (χ0v) is 13.4. The zero-order valence-electron chi connectivity index (χ0n) is 13.4. The van der Waals surface area contributed by atoms with Crippen molar-refractivity contribution in [1.82, 2.24) is 9.80 Å². The van der Waals surface area contributed by atoms with Crippen molar-refractivity contribution in [2.45, 2.75) is 24.4 Å². The molecule has 0 unspecified atom stereocenters. The van der Waals surface area contributed by atoms with E-state index in [1.54, 1.807) is 34.1 Å². The highest BCUT2D eigenvalue weighted by Crippen LogP contribution is 2.35. The maximum absolute atomic E-state index is 13.7. The van der Waals surface area contributed by atoms with Crippen molar-refractivity contribution in [3.63, 3.8) is 0 Å². The molecule has 1 aromatic carbocycles. The van der Waals surface area contributed by atoms with E-state index >= 15 is 0 Å². The number of amides is 1. The SMILES string of the molecule is COC[C@@H]1CC(F)(F)CN1C1CN(C(=O)c2ccc(C#N)cc2)C1. The fourth-order valence-corrected chi connectivity index (χ4v) is 3.40. The summed E-state index contributed by atoms with van der Waals surface area (Å²) in [6, 6.07) is 8.07. The smallest absolute Gasteiger partial charge is 0.262 e. The number of nitriles is 1. The van der Waals surface area contributed by atoms with Crippen LogP contribution in [0.5, 0.6) is 0 Å². The van der Waals surface area contributed by atoms with Crippen LogP contribution in [0.2, 0.25) is 0 Å². The predicted molar refractivity (Wildman–Crippen MR) is 82.8 cm³/mol. The molecule has 1 atom stereocenters. The molecule has 0 radical (unpaired) electrons. The van der Waals surface area contributed by atoms with E-state index in [0.29, 0.717) is 24.2 Å². The Labute approximate surface area is 139 Å². The van der Waals surface area contributed by atoms with Crippen LogP contribution in [0.1, 0.15) is 22.3 Å². The molecule has 2 saturated heterocycles. The van der Waals surface area contributed by atoms with Crippen LogP contribution < -0.4 is 0 Å². The van der Waals surface area contributed by atoms with Gasteiger partial charge in [-0.3, -0.25) is 9.69 Å². The number of methoxy groups -OCH3 is 1. The maximum Gasteiger partial charge on any atom is 0.262 e. The number of carbonyl (C=O) groups is 1. The molecule has 2 aliphatic rings. The van der Waals surface area contributed by atoms with Crippen LogP contribution in [0.3, 0.4) is 0 Å². The lowest BCUT2D eigenvalue weighted by molar-refractivity contribution is -0.0136. The molecular weight excluding hydrogens is 316 g/mol. The predicted octanol–water partition coefficient (Wildman–Crippen LogP) is 1.74. The van der Waals surface area contributed by atoms with Gasteiger partial charge in [-0.15, -0.1) is 0 Å². The number of hydrogen-bond acceptors (Lipinski definition) is 4. The van der Waals surface area contributed by atoms with E-state index in [1.807, 2.05) is 6.07 Å². The van der Waals surface area contributed by atoms with Crippen LogP contribution in [-0.2, 0) is 4.74 Å². The molecule has 0 saturated carbocycles. The van der Waals surface area contributed by atoms with Gasteiger partial charge in [0.2, 0.25) is 0 Å². The minimum atomic E-state index is -2.69. The first-order chi connectivity index (χ1) is 11.4. The molecule has 2 fully saturated rings. The number of likely N-dealkylation sites (tertiary alicyclic amines) is 2. The molecule has 3 rings (SSSR count). The van der Waals surface area contributed by atoms with Crippen molar-refractivity contribution in [2.24, 2.45) is 0 Å². The number of hydrogen-bond donors (Lipinski definition) is 0. The van der Waals surface area contributed by atoms with Crippen LogP contribution in [0.25, 0.3) is 0 Å². The normalized spacial score (nSPS) is 23.8. The third-order valence-corrected chi connectivity index (χ3v) is 4.66. The van der Waals surface area contributed by atoms with Gasteiger partial charge < -0.3 is 9.64 Å². The van der Waals surface area contributed by atoms with Crippen LogP contribution in [0.4, 0.5) is 8.78 Å². The quantitative estimate of drug-likeness (QED) is 0.841. The first-order valence-electron chi connectivity index (χ1n) is 7.85. The summed E-state index contributed by atoms with van der Waals surface area (Å²) in [5.41, 5.74) is 1.00. The zero-order chi connectivity index (χ0) is 17.3. The van der Waals surface area contributed by atoms with Gasteiger partial charge in [0.15, 0.2) is 0 Å². The summed E-state index contributed by atoms with van der Waals surface area (Å²) >= 11 is 0. The molecule has 5 nitrogen and oxygen atoms in total. The lowest BCUT2D eigenvalue weighted by atomic mass is 10.0. The molecule has 2 aliphatic heterocycles. The molecule has 24 heavy (non-hydrogen) atoms. The molecule has 0 aromatic heterocycles. The number of ether oxygens (including phenoxy) is 1. The van der Waals surface area contributed by atoms with Gasteiger partial charge in [-0.25, -0.2) is 8.78 Å². The highest BCUT2D eigenvalue weighted by Gasteiger charge is 2.50. The van der Waals surface area contributed by atoms with E-state index in [2.05, 4.69) is 0 Å². The van der Waals surface area contributed by atoms with Crippen molar-refractivity contribution >= 4 is 5.91 Å². The Morgan fingerprint density at radius 2 is 2.04 bits per heavy atom. The van der Waals surface area contributed by atoms with Gasteiger partial charge in [0.1, 0.15) is 0 Å². The second-order valence-corrected chi connectivity index (χ2v) is 6.39. The minimum Gasteiger partial charge on any atom is -0.383 e. The minimum absolute atomic E-state index is 0.0548.